The fourth-order valence-corrected chi connectivity index (χ4v) is 2.22. The van der Waals surface area contributed by atoms with Gasteiger partial charge in [-0.25, -0.2) is 0 Å². The standard InChI is InChI=1S/C12H12BrClOS/c1-9(15)16-7-3-2-4-10-8-11(13)5-6-12(10)14/h2,4-6,8H,3,7H2,1H3. The average Bonchev–Trinajstić information content (AvgIpc) is 2.22. The van der Waals surface area contributed by atoms with Crippen LogP contribution in [-0.4, -0.2) is 10.9 Å². The fraction of sp³-hybridized carbons (Fsp3) is 0.250. The first-order valence-corrected chi connectivity index (χ1v) is 7.00. The van der Waals surface area contributed by atoms with Gasteiger partial charge in [-0.2, -0.15) is 0 Å². The van der Waals surface area contributed by atoms with Gasteiger partial charge in [-0.3, -0.25) is 4.79 Å². The van der Waals surface area contributed by atoms with Gasteiger partial charge in [0.05, 0.1) is 0 Å². The Bertz CT molecular complexity index is 404. The van der Waals surface area contributed by atoms with Gasteiger partial charge in [0, 0.05) is 22.2 Å². The second kappa shape index (κ2) is 7.15. The van der Waals surface area contributed by atoms with E-state index in [4.69, 9.17) is 11.6 Å². The SMILES string of the molecule is CC(=O)SCCC=Cc1cc(Br)ccc1Cl. The lowest BCUT2D eigenvalue weighted by molar-refractivity contribution is -0.109. The first kappa shape index (κ1) is 13.8. The highest BCUT2D eigenvalue weighted by Crippen LogP contribution is 2.22. The molecule has 0 aliphatic rings. The van der Waals surface area contributed by atoms with Crippen LogP contribution in [0, 0.1) is 0 Å². The van der Waals surface area contributed by atoms with E-state index in [2.05, 4.69) is 15.9 Å². The maximum Gasteiger partial charge on any atom is 0.185 e. The summed E-state index contributed by atoms with van der Waals surface area (Å²) < 4.78 is 1.01. The third-order valence-corrected chi connectivity index (χ3v) is 3.53. The summed E-state index contributed by atoms with van der Waals surface area (Å²) in [5.74, 6) is 0.817. The van der Waals surface area contributed by atoms with E-state index < -0.39 is 0 Å². The predicted molar refractivity (Wildman–Crippen MR) is 75.9 cm³/mol. The van der Waals surface area contributed by atoms with Crippen LogP contribution in [-0.2, 0) is 4.79 Å². The maximum atomic E-state index is 10.7. The highest BCUT2D eigenvalue weighted by atomic mass is 79.9. The second-order valence-electron chi connectivity index (χ2n) is 3.20. The average molecular weight is 320 g/mol. The van der Waals surface area contributed by atoms with Crippen LogP contribution < -0.4 is 0 Å². The molecule has 0 atom stereocenters. The van der Waals surface area contributed by atoms with Gasteiger partial charge >= 0.3 is 0 Å². The highest BCUT2D eigenvalue weighted by Gasteiger charge is 1.97. The predicted octanol–water partition coefficient (Wildman–Crippen LogP) is 4.79. The first-order valence-electron chi connectivity index (χ1n) is 4.84. The lowest BCUT2D eigenvalue weighted by Gasteiger charge is -1.98. The van der Waals surface area contributed by atoms with Crippen LogP contribution in [0.15, 0.2) is 28.7 Å². The number of halogens is 2. The third-order valence-electron chi connectivity index (χ3n) is 1.85. The molecule has 0 heterocycles. The van der Waals surface area contributed by atoms with E-state index in [9.17, 15) is 4.79 Å². The molecule has 1 aromatic rings. The number of allylic oxidation sites excluding steroid dienone is 1. The zero-order valence-corrected chi connectivity index (χ0v) is 12.0. The van der Waals surface area contributed by atoms with Crippen LogP contribution >= 0.6 is 39.3 Å². The molecule has 0 fully saturated rings. The number of carbonyl (C=O) groups is 1. The topological polar surface area (TPSA) is 17.1 Å². The van der Waals surface area contributed by atoms with Crippen LogP contribution in [0.25, 0.3) is 6.08 Å². The van der Waals surface area contributed by atoms with Crippen molar-refractivity contribution in [2.45, 2.75) is 13.3 Å². The third kappa shape index (κ3) is 5.19. The van der Waals surface area contributed by atoms with Crippen molar-refractivity contribution >= 4 is 50.5 Å². The van der Waals surface area contributed by atoms with Gasteiger partial charge in [0.1, 0.15) is 0 Å². The minimum absolute atomic E-state index is 0.161. The summed E-state index contributed by atoms with van der Waals surface area (Å²) in [5, 5.41) is 0.896. The van der Waals surface area contributed by atoms with Crippen molar-refractivity contribution in [3.63, 3.8) is 0 Å². The molecule has 0 unspecified atom stereocenters. The molecular formula is C12H12BrClOS. The molecule has 1 rings (SSSR count). The molecule has 16 heavy (non-hydrogen) atoms. The van der Waals surface area contributed by atoms with Gasteiger partial charge < -0.3 is 0 Å². The first-order chi connectivity index (χ1) is 7.59. The maximum absolute atomic E-state index is 10.7. The van der Waals surface area contributed by atoms with E-state index in [-0.39, 0.29) is 5.12 Å². The van der Waals surface area contributed by atoms with Crippen LogP contribution in [0.3, 0.4) is 0 Å². The van der Waals surface area contributed by atoms with E-state index in [1.165, 1.54) is 11.8 Å². The van der Waals surface area contributed by atoms with Gasteiger partial charge in [-0.15, -0.1) is 0 Å². The molecule has 86 valence electrons. The molecule has 0 radical (unpaired) electrons. The van der Waals surface area contributed by atoms with Crippen molar-refractivity contribution < 1.29 is 4.79 Å². The summed E-state index contributed by atoms with van der Waals surface area (Å²) >= 11 is 10.8. The Hall–Kier alpha value is -0.250. The molecule has 0 N–H and O–H groups in total. The Kier molecular flexibility index (Phi) is 6.17. The summed E-state index contributed by atoms with van der Waals surface area (Å²) in [6.45, 7) is 1.58. The molecule has 0 spiro atoms. The van der Waals surface area contributed by atoms with Gasteiger partial charge in [-0.05, 0) is 30.2 Å². The summed E-state index contributed by atoms with van der Waals surface area (Å²) in [6, 6.07) is 5.73. The van der Waals surface area contributed by atoms with Gasteiger partial charge in [0.2, 0.25) is 0 Å². The van der Waals surface area contributed by atoms with E-state index in [0.717, 1.165) is 27.2 Å². The van der Waals surface area contributed by atoms with Gasteiger partial charge in [0.15, 0.2) is 5.12 Å². The number of thioether (sulfide) groups is 1. The Morgan fingerprint density at radius 2 is 2.31 bits per heavy atom. The lowest BCUT2D eigenvalue weighted by atomic mass is 10.2. The second-order valence-corrected chi connectivity index (χ2v) is 5.79. The zero-order chi connectivity index (χ0) is 12.0. The summed E-state index contributed by atoms with van der Waals surface area (Å²) in [6.07, 6.45) is 4.88. The molecule has 1 nitrogen and oxygen atoms in total. The number of benzene rings is 1. The molecular weight excluding hydrogens is 308 g/mol. The van der Waals surface area contributed by atoms with Crippen LogP contribution in [0.2, 0.25) is 5.02 Å². The summed E-state index contributed by atoms with van der Waals surface area (Å²) in [7, 11) is 0. The van der Waals surface area contributed by atoms with Crippen molar-refractivity contribution in [3.05, 3.63) is 39.3 Å². The number of rotatable bonds is 4. The number of carbonyl (C=O) groups excluding carboxylic acids is 1. The van der Waals surface area contributed by atoms with Crippen LogP contribution in [0.5, 0.6) is 0 Å². The quantitative estimate of drug-likeness (QED) is 0.743. The van der Waals surface area contributed by atoms with E-state index in [0.29, 0.717) is 0 Å². The molecule has 0 saturated heterocycles. The highest BCUT2D eigenvalue weighted by molar-refractivity contribution is 9.10. The Morgan fingerprint density at radius 1 is 1.56 bits per heavy atom. The van der Waals surface area contributed by atoms with Crippen LogP contribution in [0.1, 0.15) is 18.9 Å². The van der Waals surface area contributed by atoms with Crippen molar-refractivity contribution in [3.8, 4) is 0 Å². The smallest absolute Gasteiger partial charge is 0.185 e. The Balaban J connectivity index is 2.49. The fourth-order valence-electron chi connectivity index (χ4n) is 1.12. The molecule has 0 saturated carbocycles. The summed E-state index contributed by atoms with van der Waals surface area (Å²) in [4.78, 5) is 10.7. The van der Waals surface area contributed by atoms with E-state index >= 15 is 0 Å². The molecule has 0 aliphatic carbocycles. The molecule has 0 amide bonds. The minimum Gasteiger partial charge on any atom is -0.288 e. The Labute approximate surface area is 113 Å². The zero-order valence-electron chi connectivity index (χ0n) is 8.87. The number of hydrogen-bond acceptors (Lipinski definition) is 2. The van der Waals surface area contributed by atoms with Crippen molar-refractivity contribution in [2.75, 3.05) is 5.75 Å². The Morgan fingerprint density at radius 3 is 3.00 bits per heavy atom. The van der Waals surface area contributed by atoms with Crippen LogP contribution in [0.4, 0.5) is 0 Å². The molecule has 4 heteroatoms. The molecule has 0 bridgehead atoms. The van der Waals surface area contributed by atoms with Crippen molar-refractivity contribution in [1.29, 1.82) is 0 Å². The van der Waals surface area contributed by atoms with Gasteiger partial charge in [0.25, 0.3) is 0 Å². The van der Waals surface area contributed by atoms with E-state index in [1.807, 2.05) is 30.4 Å². The minimum atomic E-state index is 0.161. The van der Waals surface area contributed by atoms with Crippen molar-refractivity contribution in [2.24, 2.45) is 0 Å². The number of hydrogen-bond donors (Lipinski definition) is 0. The normalized spacial score (nSPS) is 10.9. The van der Waals surface area contributed by atoms with Gasteiger partial charge in [-0.1, -0.05) is 51.4 Å². The summed E-state index contributed by atoms with van der Waals surface area (Å²) in [5.41, 5.74) is 0.990. The van der Waals surface area contributed by atoms with Crippen molar-refractivity contribution in [1.82, 2.24) is 0 Å². The molecule has 0 aliphatic heterocycles. The lowest BCUT2D eigenvalue weighted by Crippen LogP contribution is -1.83. The molecule has 0 aromatic heterocycles. The van der Waals surface area contributed by atoms with E-state index in [1.54, 1.807) is 6.92 Å². The largest absolute Gasteiger partial charge is 0.288 e. The monoisotopic (exact) mass is 318 g/mol. The molecule has 1 aromatic carbocycles.